The van der Waals surface area contributed by atoms with Gasteiger partial charge in [-0.05, 0) is 29.2 Å². The highest BCUT2D eigenvalue weighted by Gasteiger charge is 2.03. The van der Waals surface area contributed by atoms with E-state index in [1.807, 2.05) is 31.2 Å². The molecular weight excluding hydrogens is 276 g/mol. The maximum absolute atomic E-state index is 11.6. The molecule has 1 nitrogen and oxygen atoms in total. The Labute approximate surface area is 131 Å². The van der Waals surface area contributed by atoms with Crippen LogP contribution in [0.4, 0.5) is 0 Å². The van der Waals surface area contributed by atoms with Crippen molar-refractivity contribution in [3.8, 4) is 0 Å². The average Bonchev–Trinajstić information content (AvgIpc) is 2.53. The summed E-state index contributed by atoms with van der Waals surface area (Å²) < 4.78 is 0. The van der Waals surface area contributed by atoms with E-state index in [0.29, 0.717) is 12.3 Å². The molecule has 0 saturated carbocycles. The first-order valence-corrected chi connectivity index (χ1v) is 8.43. The first kappa shape index (κ1) is 15.8. The van der Waals surface area contributed by atoms with Crippen molar-refractivity contribution in [1.29, 1.82) is 0 Å². The van der Waals surface area contributed by atoms with Crippen LogP contribution in [-0.4, -0.2) is 5.78 Å². The lowest BCUT2D eigenvalue weighted by molar-refractivity contribution is 0.0988. The largest absolute Gasteiger partial charge is 0.294 e. The summed E-state index contributed by atoms with van der Waals surface area (Å²) in [4.78, 5) is 12.8. The second kappa shape index (κ2) is 7.46. The third-order valence-corrected chi connectivity index (χ3v) is 4.63. The Balaban J connectivity index is 1.95. The van der Waals surface area contributed by atoms with Gasteiger partial charge in [0.2, 0.25) is 0 Å². The molecule has 0 aliphatic carbocycles. The Morgan fingerprint density at radius 3 is 2.14 bits per heavy atom. The number of Topliss-reactive ketones (excluding diaryl/α,β-unsaturated/α-hetero) is 1. The predicted molar refractivity (Wildman–Crippen MR) is 91.2 cm³/mol. The van der Waals surface area contributed by atoms with E-state index in [0.717, 1.165) is 11.3 Å². The molecule has 2 rings (SSSR count). The SMILES string of the molecule is CCC(=O)c1ccc(SCc2ccc(C(C)C)cc2)cc1. The van der Waals surface area contributed by atoms with Gasteiger partial charge in [0.1, 0.15) is 0 Å². The zero-order valence-corrected chi connectivity index (χ0v) is 13.7. The fourth-order valence-electron chi connectivity index (χ4n) is 2.11. The van der Waals surface area contributed by atoms with Crippen LogP contribution in [0.15, 0.2) is 53.4 Å². The van der Waals surface area contributed by atoms with E-state index in [-0.39, 0.29) is 5.78 Å². The molecule has 0 aliphatic heterocycles. The summed E-state index contributed by atoms with van der Waals surface area (Å²) in [5.41, 5.74) is 3.52. The van der Waals surface area contributed by atoms with Gasteiger partial charge in [0.15, 0.2) is 5.78 Å². The number of carbonyl (C=O) groups is 1. The number of hydrogen-bond acceptors (Lipinski definition) is 2. The van der Waals surface area contributed by atoms with Gasteiger partial charge in [-0.15, -0.1) is 11.8 Å². The molecule has 0 N–H and O–H groups in total. The van der Waals surface area contributed by atoms with Crippen LogP contribution in [0.3, 0.4) is 0 Å². The molecule has 0 atom stereocenters. The van der Waals surface area contributed by atoms with Crippen LogP contribution in [0.1, 0.15) is 54.6 Å². The average molecular weight is 298 g/mol. The lowest BCUT2D eigenvalue weighted by Gasteiger charge is -2.07. The van der Waals surface area contributed by atoms with Crippen molar-refractivity contribution in [2.24, 2.45) is 0 Å². The molecule has 0 saturated heterocycles. The van der Waals surface area contributed by atoms with Crippen molar-refractivity contribution in [2.45, 2.75) is 43.8 Å². The molecular formula is C19H22OS. The summed E-state index contributed by atoms with van der Waals surface area (Å²) >= 11 is 1.80. The quantitative estimate of drug-likeness (QED) is 0.503. The number of ketones is 1. The van der Waals surface area contributed by atoms with E-state index >= 15 is 0 Å². The molecule has 0 amide bonds. The van der Waals surface area contributed by atoms with Gasteiger partial charge in [-0.25, -0.2) is 0 Å². The summed E-state index contributed by atoms with van der Waals surface area (Å²) in [6.07, 6.45) is 0.564. The molecule has 0 radical (unpaired) electrons. The first-order chi connectivity index (χ1) is 10.1. The Hall–Kier alpha value is -1.54. The molecule has 0 heterocycles. The maximum Gasteiger partial charge on any atom is 0.162 e. The minimum atomic E-state index is 0.204. The Morgan fingerprint density at radius 1 is 1.00 bits per heavy atom. The molecule has 110 valence electrons. The lowest BCUT2D eigenvalue weighted by atomic mass is 10.0. The fourth-order valence-corrected chi connectivity index (χ4v) is 2.96. The van der Waals surface area contributed by atoms with Gasteiger partial charge in [0.05, 0.1) is 0 Å². The van der Waals surface area contributed by atoms with Crippen LogP contribution >= 0.6 is 11.8 Å². The predicted octanol–water partition coefficient (Wildman–Crippen LogP) is 5.70. The van der Waals surface area contributed by atoms with Gasteiger partial charge in [0.25, 0.3) is 0 Å². The van der Waals surface area contributed by atoms with E-state index in [2.05, 4.69) is 38.1 Å². The third-order valence-electron chi connectivity index (χ3n) is 3.55. The molecule has 2 aromatic rings. The van der Waals surface area contributed by atoms with Crippen LogP contribution in [-0.2, 0) is 5.75 Å². The summed E-state index contributed by atoms with van der Waals surface area (Å²) in [5, 5.41) is 0. The molecule has 0 spiro atoms. The van der Waals surface area contributed by atoms with E-state index in [4.69, 9.17) is 0 Å². The Kier molecular flexibility index (Phi) is 5.63. The van der Waals surface area contributed by atoms with Gasteiger partial charge >= 0.3 is 0 Å². The maximum atomic E-state index is 11.6. The Bertz CT molecular complexity index is 582. The zero-order chi connectivity index (χ0) is 15.2. The minimum absolute atomic E-state index is 0.204. The van der Waals surface area contributed by atoms with Crippen molar-refractivity contribution in [2.75, 3.05) is 0 Å². The molecule has 0 aliphatic rings. The zero-order valence-electron chi connectivity index (χ0n) is 12.9. The van der Waals surface area contributed by atoms with Crippen LogP contribution in [0, 0.1) is 0 Å². The number of rotatable bonds is 6. The monoisotopic (exact) mass is 298 g/mol. The first-order valence-electron chi connectivity index (χ1n) is 7.45. The standard InChI is InChI=1S/C19H22OS/c1-4-19(20)17-9-11-18(12-10-17)21-13-15-5-7-16(8-6-15)14(2)3/h5-12,14H,4,13H2,1-3H3. The molecule has 0 bridgehead atoms. The van der Waals surface area contributed by atoms with Crippen molar-refractivity contribution >= 4 is 17.5 Å². The van der Waals surface area contributed by atoms with Gasteiger partial charge in [-0.1, -0.05) is 57.2 Å². The van der Waals surface area contributed by atoms with Crippen molar-refractivity contribution < 1.29 is 4.79 Å². The van der Waals surface area contributed by atoms with E-state index in [9.17, 15) is 4.79 Å². The van der Waals surface area contributed by atoms with Crippen molar-refractivity contribution in [3.63, 3.8) is 0 Å². The molecule has 0 fully saturated rings. The van der Waals surface area contributed by atoms with Crippen molar-refractivity contribution in [3.05, 3.63) is 65.2 Å². The highest BCUT2D eigenvalue weighted by atomic mass is 32.2. The number of hydrogen-bond donors (Lipinski definition) is 0. The van der Waals surface area contributed by atoms with E-state index in [1.165, 1.54) is 16.0 Å². The second-order valence-electron chi connectivity index (χ2n) is 5.49. The molecule has 21 heavy (non-hydrogen) atoms. The number of benzene rings is 2. The van der Waals surface area contributed by atoms with Crippen LogP contribution in [0.5, 0.6) is 0 Å². The topological polar surface area (TPSA) is 17.1 Å². The lowest BCUT2D eigenvalue weighted by Crippen LogP contribution is -1.95. The summed E-state index contributed by atoms with van der Waals surface area (Å²) in [6, 6.07) is 16.8. The summed E-state index contributed by atoms with van der Waals surface area (Å²) in [5.74, 6) is 1.74. The smallest absolute Gasteiger partial charge is 0.162 e. The molecule has 2 heteroatoms. The van der Waals surface area contributed by atoms with Crippen LogP contribution < -0.4 is 0 Å². The second-order valence-corrected chi connectivity index (χ2v) is 6.53. The fraction of sp³-hybridized carbons (Fsp3) is 0.316. The third kappa shape index (κ3) is 4.47. The number of thioether (sulfide) groups is 1. The van der Waals surface area contributed by atoms with Crippen LogP contribution in [0.25, 0.3) is 0 Å². The molecule has 2 aromatic carbocycles. The highest BCUT2D eigenvalue weighted by Crippen LogP contribution is 2.24. The van der Waals surface area contributed by atoms with E-state index < -0.39 is 0 Å². The molecule has 0 unspecified atom stereocenters. The highest BCUT2D eigenvalue weighted by molar-refractivity contribution is 7.98. The van der Waals surface area contributed by atoms with Gasteiger partial charge in [-0.2, -0.15) is 0 Å². The Morgan fingerprint density at radius 2 is 1.62 bits per heavy atom. The van der Waals surface area contributed by atoms with Gasteiger partial charge in [0, 0.05) is 22.6 Å². The molecule has 0 aromatic heterocycles. The van der Waals surface area contributed by atoms with Gasteiger partial charge in [-0.3, -0.25) is 4.79 Å². The summed E-state index contributed by atoms with van der Waals surface area (Å²) in [7, 11) is 0. The normalized spacial score (nSPS) is 10.9. The summed E-state index contributed by atoms with van der Waals surface area (Å²) in [6.45, 7) is 6.32. The van der Waals surface area contributed by atoms with Crippen molar-refractivity contribution in [1.82, 2.24) is 0 Å². The van der Waals surface area contributed by atoms with Gasteiger partial charge < -0.3 is 0 Å². The van der Waals surface area contributed by atoms with E-state index in [1.54, 1.807) is 11.8 Å². The minimum Gasteiger partial charge on any atom is -0.294 e. The van der Waals surface area contributed by atoms with Crippen LogP contribution in [0.2, 0.25) is 0 Å². The number of carbonyl (C=O) groups excluding carboxylic acids is 1.